The smallest absolute Gasteiger partial charge is 0.0746 e. The lowest BCUT2D eigenvalue weighted by Gasteiger charge is -2.50. The number of nitrogens with zero attached hydrogens (tertiary/aromatic N) is 2. The molecule has 1 aliphatic carbocycles. The zero-order chi connectivity index (χ0) is 12.6. The predicted octanol–water partition coefficient (Wildman–Crippen LogP) is 1.56. The molecule has 17 heavy (non-hydrogen) atoms. The Labute approximate surface area is 106 Å². The molecule has 3 unspecified atom stereocenters. The van der Waals surface area contributed by atoms with Gasteiger partial charge in [0, 0.05) is 31.7 Å². The first-order chi connectivity index (χ1) is 7.92. The molecule has 1 aliphatic heterocycles. The second-order valence-corrected chi connectivity index (χ2v) is 6.74. The zero-order valence-electron chi connectivity index (χ0n) is 11.8. The first kappa shape index (κ1) is 13.3. The van der Waals surface area contributed by atoms with Crippen LogP contribution >= 0.6 is 0 Å². The third kappa shape index (κ3) is 2.67. The van der Waals surface area contributed by atoms with Crippen LogP contribution in [-0.2, 0) is 0 Å². The molecule has 1 saturated heterocycles. The Morgan fingerprint density at radius 2 is 1.94 bits per heavy atom. The molecular formula is C14H28N2O. The summed E-state index contributed by atoms with van der Waals surface area (Å²) in [5.74, 6) is 0. The van der Waals surface area contributed by atoms with E-state index in [4.69, 9.17) is 0 Å². The lowest BCUT2D eigenvalue weighted by atomic mass is 9.72. The number of piperazine rings is 1. The Bertz CT molecular complexity index is 267. The van der Waals surface area contributed by atoms with E-state index in [1.165, 1.54) is 12.8 Å². The molecule has 1 N–H and O–H groups in total. The molecule has 0 spiro atoms. The molecule has 3 atom stereocenters. The number of aliphatic hydroxyl groups is 1. The lowest BCUT2D eigenvalue weighted by molar-refractivity contribution is -0.0801. The molecule has 0 aromatic rings. The van der Waals surface area contributed by atoms with Crippen molar-refractivity contribution in [3.05, 3.63) is 0 Å². The number of hydrogen-bond acceptors (Lipinski definition) is 3. The summed E-state index contributed by atoms with van der Waals surface area (Å²) in [5, 5.41) is 10.6. The van der Waals surface area contributed by atoms with Gasteiger partial charge in [0.05, 0.1) is 6.10 Å². The van der Waals surface area contributed by atoms with Crippen LogP contribution in [0.15, 0.2) is 0 Å². The quantitative estimate of drug-likeness (QED) is 0.753. The molecule has 0 radical (unpaired) electrons. The van der Waals surface area contributed by atoms with E-state index in [1.54, 1.807) is 0 Å². The van der Waals surface area contributed by atoms with Crippen LogP contribution in [0.4, 0.5) is 0 Å². The Morgan fingerprint density at radius 3 is 2.59 bits per heavy atom. The highest BCUT2D eigenvalue weighted by Gasteiger charge is 2.42. The van der Waals surface area contributed by atoms with E-state index in [1.807, 2.05) is 0 Å². The predicted molar refractivity (Wildman–Crippen MR) is 71.1 cm³/mol. The monoisotopic (exact) mass is 240 g/mol. The van der Waals surface area contributed by atoms with E-state index < -0.39 is 0 Å². The van der Waals surface area contributed by atoms with E-state index in [2.05, 4.69) is 37.6 Å². The molecule has 0 bridgehead atoms. The maximum Gasteiger partial charge on any atom is 0.0746 e. The van der Waals surface area contributed by atoms with Crippen LogP contribution in [0.1, 0.15) is 40.0 Å². The average molecular weight is 240 g/mol. The van der Waals surface area contributed by atoms with Crippen LogP contribution in [0.2, 0.25) is 0 Å². The van der Waals surface area contributed by atoms with Crippen LogP contribution in [0.5, 0.6) is 0 Å². The third-order valence-corrected chi connectivity index (χ3v) is 4.79. The standard InChI is InChI=1S/C14H28N2O/c1-11-10-15(4)8-9-16(11)12-6-5-7-14(2,3)13(12)17/h11-13,17H,5-10H2,1-4H3. The summed E-state index contributed by atoms with van der Waals surface area (Å²) in [4.78, 5) is 4.94. The van der Waals surface area contributed by atoms with E-state index in [0.717, 1.165) is 26.1 Å². The molecule has 1 saturated carbocycles. The highest BCUT2D eigenvalue weighted by Crippen LogP contribution is 2.38. The fourth-order valence-electron chi connectivity index (χ4n) is 3.59. The van der Waals surface area contributed by atoms with Gasteiger partial charge >= 0.3 is 0 Å². The highest BCUT2D eigenvalue weighted by atomic mass is 16.3. The first-order valence-electron chi connectivity index (χ1n) is 7.04. The van der Waals surface area contributed by atoms with Gasteiger partial charge in [-0.25, -0.2) is 0 Å². The molecule has 2 aliphatic rings. The van der Waals surface area contributed by atoms with Crippen molar-refractivity contribution < 1.29 is 5.11 Å². The number of hydrogen-bond donors (Lipinski definition) is 1. The fourth-order valence-corrected chi connectivity index (χ4v) is 3.59. The molecule has 1 heterocycles. The second-order valence-electron chi connectivity index (χ2n) is 6.74. The number of likely N-dealkylation sites (N-methyl/N-ethyl adjacent to an activating group) is 1. The van der Waals surface area contributed by atoms with Crippen molar-refractivity contribution in [3.8, 4) is 0 Å². The number of rotatable bonds is 1. The van der Waals surface area contributed by atoms with Crippen molar-refractivity contribution in [1.82, 2.24) is 9.80 Å². The molecule has 2 rings (SSSR count). The minimum Gasteiger partial charge on any atom is -0.391 e. The van der Waals surface area contributed by atoms with Crippen molar-refractivity contribution in [1.29, 1.82) is 0 Å². The zero-order valence-corrected chi connectivity index (χ0v) is 11.8. The van der Waals surface area contributed by atoms with Gasteiger partial charge in [0.2, 0.25) is 0 Å². The normalized spacial score (nSPS) is 40.4. The second kappa shape index (κ2) is 4.87. The van der Waals surface area contributed by atoms with Gasteiger partial charge in [0.15, 0.2) is 0 Å². The van der Waals surface area contributed by atoms with Gasteiger partial charge in [0.1, 0.15) is 0 Å². The van der Waals surface area contributed by atoms with E-state index in [-0.39, 0.29) is 11.5 Å². The van der Waals surface area contributed by atoms with Gasteiger partial charge in [-0.2, -0.15) is 0 Å². The molecule has 0 amide bonds. The van der Waals surface area contributed by atoms with Gasteiger partial charge in [0.25, 0.3) is 0 Å². The molecule has 3 nitrogen and oxygen atoms in total. The first-order valence-corrected chi connectivity index (χ1v) is 7.04. The van der Waals surface area contributed by atoms with Crippen LogP contribution in [-0.4, -0.2) is 59.8 Å². The van der Waals surface area contributed by atoms with Crippen LogP contribution < -0.4 is 0 Å². The Hall–Kier alpha value is -0.120. The van der Waals surface area contributed by atoms with Crippen molar-refractivity contribution >= 4 is 0 Å². The van der Waals surface area contributed by atoms with Crippen LogP contribution in [0, 0.1) is 5.41 Å². The Kier molecular flexibility index (Phi) is 3.81. The molecule has 100 valence electrons. The molecule has 0 aromatic heterocycles. The SMILES string of the molecule is CC1CN(C)CCN1C1CCCC(C)(C)C1O. The summed E-state index contributed by atoms with van der Waals surface area (Å²) in [6, 6.07) is 0.949. The summed E-state index contributed by atoms with van der Waals surface area (Å²) in [6.07, 6.45) is 3.42. The molecule has 0 aromatic carbocycles. The summed E-state index contributed by atoms with van der Waals surface area (Å²) in [7, 11) is 2.19. The van der Waals surface area contributed by atoms with Gasteiger partial charge in [-0.3, -0.25) is 4.90 Å². The minimum absolute atomic E-state index is 0.0893. The van der Waals surface area contributed by atoms with Crippen molar-refractivity contribution in [3.63, 3.8) is 0 Å². The topological polar surface area (TPSA) is 26.7 Å². The summed E-state index contributed by atoms with van der Waals surface area (Å²) < 4.78 is 0. The molecule has 3 heteroatoms. The Balaban J connectivity index is 2.06. The lowest BCUT2D eigenvalue weighted by Crippen LogP contribution is -2.60. The molecular weight excluding hydrogens is 212 g/mol. The van der Waals surface area contributed by atoms with Crippen LogP contribution in [0.25, 0.3) is 0 Å². The van der Waals surface area contributed by atoms with Crippen molar-refractivity contribution in [2.75, 3.05) is 26.7 Å². The number of aliphatic hydroxyl groups excluding tert-OH is 1. The van der Waals surface area contributed by atoms with Crippen molar-refractivity contribution in [2.45, 2.75) is 58.2 Å². The summed E-state index contributed by atoms with van der Waals surface area (Å²) in [5.41, 5.74) is 0.0893. The largest absolute Gasteiger partial charge is 0.391 e. The van der Waals surface area contributed by atoms with Crippen molar-refractivity contribution in [2.24, 2.45) is 5.41 Å². The van der Waals surface area contributed by atoms with Gasteiger partial charge in [-0.05, 0) is 32.2 Å². The maximum atomic E-state index is 10.6. The van der Waals surface area contributed by atoms with E-state index in [9.17, 15) is 5.11 Å². The average Bonchev–Trinajstić information content (AvgIpc) is 2.23. The third-order valence-electron chi connectivity index (χ3n) is 4.79. The van der Waals surface area contributed by atoms with Gasteiger partial charge in [-0.1, -0.05) is 20.3 Å². The van der Waals surface area contributed by atoms with E-state index >= 15 is 0 Å². The van der Waals surface area contributed by atoms with Gasteiger partial charge < -0.3 is 10.0 Å². The minimum atomic E-state index is -0.165. The summed E-state index contributed by atoms with van der Waals surface area (Å²) >= 11 is 0. The van der Waals surface area contributed by atoms with Crippen LogP contribution in [0.3, 0.4) is 0 Å². The summed E-state index contributed by atoms with van der Waals surface area (Å²) in [6.45, 7) is 10.1. The van der Waals surface area contributed by atoms with E-state index in [0.29, 0.717) is 12.1 Å². The maximum absolute atomic E-state index is 10.6. The highest BCUT2D eigenvalue weighted by molar-refractivity contribution is 4.96. The molecule has 2 fully saturated rings. The fraction of sp³-hybridized carbons (Fsp3) is 1.00. The van der Waals surface area contributed by atoms with Gasteiger partial charge in [-0.15, -0.1) is 0 Å². The Morgan fingerprint density at radius 1 is 1.24 bits per heavy atom.